The zero-order chi connectivity index (χ0) is 21.9. The number of fused-ring (bicyclic) bond motifs is 3. The van der Waals surface area contributed by atoms with Gasteiger partial charge in [0.25, 0.3) is 0 Å². The van der Waals surface area contributed by atoms with Gasteiger partial charge in [-0.15, -0.1) is 0 Å². The third kappa shape index (κ3) is 2.91. The maximum absolute atomic E-state index is 6.24. The van der Waals surface area contributed by atoms with Gasteiger partial charge in [0.2, 0.25) is 0 Å². The Morgan fingerprint density at radius 2 is 1.72 bits per heavy atom. The zero-order valence-electron chi connectivity index (χ0n) is 18.2. The van der Waals surface area contributed by atoms with E-state index in [2.05, 4.69) is 62.2 Å². The summed E-state index contributed by atoms with van der Waals surface area (Å²) in [5.74, 6) is 0.721. The van der Waals surface area contributed by atoms with E-state index in [4.69, 9.17) is 13.8 Å². The molecule has 0 N–H and O–H groups in total. The Hall–Kier alpha value is -3.92. The highest BCUT2D eigenvalue weighted by molar-refractivity contribution is 6.00. The molecule has 4 aromatic heterocycles. The van der Waals surface area contributed by atoms with Gasteiger partial charge in [0, 0.05) is 34.9 Å². The molecule has 4 nitrogen and oxygen atoms in total. The lowest BCUT2D eigenvalue weighted by atomic mass is 9.82. The Labute approximate surface area is 185 Å². The van der Waals surface area contributed by atoms with Crippen molar-refractivity contribution in [3.05, 3.63) is 85.0 Å². The highest BCUT2D eigenvalue weighted by Crippen LogP contribution is 2.39. The lowest BCUT2D eigenvalue weighted by molar-refractivity contribution is 0.596. The van der Waals surface area contributed by atoms with Gasteiger partial charge >= 0.3 is 0 Å². The molecular formula is C28H22N2O2. The predicted molar refractivity (Wildman–Crippen MR) is 129 cm³/mol. The summed E-state index contributed by atoms with van der Waals surface area (Å²) in [6, 6.07) is 18.9. The number of hydrogen-bond acceptors (Lipinski definition) is 4. The highest BCUT2D eigenvalue weighted by Gasteiger charge is 2.20. The van der Waals surface area contributed by atoms with Crippen molar-refractivity contribution in [2.24, 2.45) is 0 Å². The summed E-state index contributed by atoms with van der Waals surface area (Å²) < 4.78 is 11.9. The maximum Gasteiger partial charge on any atom is 0.147 e. The van der Waals surface area contributed by atoms with Gasteiger partial charge in [-0.1, -0.05) is 45.0 Å². The molecular weight excluding hydrogens is 396 g/mol. The van der Waals surface area contributed by atoms with E-state index >= 15 is 0 Å². The topological polar surface area (TPSA) is 52.1 Å². The molecule has 6 aromatic rings. The molecule has 156 valence electrons. The van der Waals surface area contributed by atoms with Crippen molar-refractivity contribution in [3.8, 4) is 22.6 Å². The van der Waals surface area contributed by atoms with E-state index in [9.17, 15) is 0 Å². The summed E-state index contributed by atoms with van der Waals surface area (Å²) in [6.07, 6.45) is 7.06. The number of rotatable bonds is 2. The lowest BCUT2D eigenvalue weighted by Crippen LogP contribution is -2.12. The smallest absolute Gasteiger partial charge is 0.147 e. The molecule has 4 heterocycles. The first-order valence-electron chi connectivity index (χ1n) is 10.7. The van der Waals surface area contributed by atoms with Gasteiger partial charge in [0.1, 0.15) is 16.9 Å². The summed E-state index contributed by atoms with van der Waals surface area (Å²) in [5, 5.41) is 4.41. The number of pyridine rings is 2. The van der Waals surface area contributed by atoms with Crippen molar-refractivity contribution in [3.63, 3.8) is 0 Å². The van der Waals surface area contributed by atoms with Crippen LogP contribution in [0.2, 0.25) is 0 Å². The molecule has 0 fully saturated rings. The van der Waals surface area contributed by atoms with E-state index in [-0.39, 0.29) is 5.41 Å². The van der Waals surface area contributed by atoms with Crippen LogP contribution in [0.4, 0.5) is 0 Å². The van der Waals surface area contributed by atoms with Gasteiger partial charge in [-0.3, -0.25) is 9.97 Å². The van der Waals surface area contributed by atoms with Gasteiger partial charge < -0.3 is 8.83 Å². The van der Waals surface area contributed by atoms with Crippen LogP contribution in [0.15, 0.2) is 88.3 Å². The van der Waals surface area contributed by atoms with E-state index in [0.717, 1.165) is 44.5 Å². The van der Waals surface area contributed by atoms with Crippen LogP contribution in [0.25, 0.3) is 55.3 Å². The Morgan fingerprint density at radius 1 is 0.844 bits per heavy atom. The summed E-state index contributed by atoms with van der Waals surface area (Å²) in [7, 11) is 0. The molecule has 0 saturated carbocycles. The van der Waals surface area contributed by atoms with Crippen LogP contribution < -0.4 is 0 Å². The van der Waals surface area contributed by atoms with E-state index in [0.29, 0.717) is 0 Å². The number of aromatic nitrogens is 2. The van der Waals surface area contributed by atoms with Crippen LogP contribution in [0.1, 0.15) is 26.3 Å². The van der Waals surface area contributed by atoms with Gasteiger partial charge in [0.15, 0.2) is 0 Å². The summed E-state index contributed by atoms with van der Waals surface area (Å²) >= 11 is 0. The molecule has 2 aromatic carbocycles. The first kappa shape index (κ1) is 18.8. The SMILES string of the molecule is CC(C)(C)c1cc(-c2nccc3oc(-c4cncc5ccoc45)cc23)cc2ccccc12. The molecule has 0 atom stereocenters. The molecule has 0 aliphatic carbocycles. The molecule has 0 saturated heterocycles. The fraction of sp³-hybridized carbons (Fsp3) is 0.143. The summed E-state index contributed by atoms with van der Waals surface area (Å²) in [5.41, 5.74) is 5.70. The van der Waals surface area contributed by atoms with Crippen LogP contribution in [-0.2, 0) is 5.41 Å². The average molecular weight is 418 g/mol. The predicted octanol–water partition coefficient (Wildman–Crippen LogP) is 7.75. The van der Waals surface area contributed by atoms with Gasteiger partial charge in [-0.2, -0.15) is 0 Å². The Bertz CT molecular complexity index is 1620. The minimum absolute atomic E-state index is 0.00562. The molecule has 0 radical (unpaired) electrons. The van der Waals surface area contributed by atoms with Crippen molar-refractivity contribution in [2.45, 2.75) is 26.2 Å². The van der Waals surface area contributed by atoms with Crippen molar-refractivity contribution in [1.82, 2.24) is 9.97 Å². The van der Waals surface area contributed by atoms with E-state index < -0.39 is 0 Å². The molecule has 4 heteroatoms. The highest BCUT2D eigenvalue weighted by atomic mass is 16.3. The average Bonchev–Trinajstić information content (AvgIpc) is 3.44. The number of hydrogen-bond donors (Lipinski definition) is 0. The van der Waals surface area contributed by atoms with Gasteiger partial charge in [0.05, 0.1) is 17.5 Å². The summed E-state index contributed by atoms with van der Waals surface area (Å²) in [6.45, 7) is 6.75. The minimum Gasteiger partial charge on any atom is -0.463 e. The van der Waals surface area contributed by atoms with Gasteiger partial charge in [-0.25, -0.2) is 0 Å². The zero-order valence-corrected chi connectivity index (χ0v) is 18.2. The van der Waals surface area contributed by atoms with E-state index in [1.54, 1.807) is 18.7 Å². The molecule has 32 heavy (non-hydrogen) atoms. The molecule has 0 amide bonds. The fourth-order valence-corrected chi connectivity index (χ4v) is 4.46. The molecule has 0 aliphatic heterocycles. The first-order valence-corrected chi connectivity index (χ1v) is 10.7. The number of nitrogens with zero attached hydrogens (tertiary/aromatic N) is 2. The maximum atomic E-state index is 6.24. The lowest BCUT2D eigenvalue weighted by Gasteiger charge is -2.22. The van der Waals surface area contributed by atoms with Gasteiger partial charge in [-0.05, 0) is 52.1 Å². The molecule has 0 spiro atoms. The molecule has 0 aliphatic rings. The molecule has 0 unspecified atom stereocenters. The molecule has 0 bridgehead atoms. The van der Waals surface area contributed by atoms with Crippen LogP contribution in [0.5, 0.6) is 0 Å². The third-order valence-electron chi connectivity index (χ3n) is 6.01. The van der Waals surface area contributed by atoms with Crippen LogP contribution in [0, 0.1) is 0 Å². The Morgan fingerprint density at radius 3 is 2.59 bits per heavy atom. The Balaban J connectivity index is 1.60. The number of benzene rings is 2. The first-order chi connectivity index (χ1) is 15.5. The van der Waals surface area contributed by atoms with Crippen molar-refractivity contribution >= 4 is 32.7 Å². The summed E-state index contributed by atoms with van der Waals surface area (Å²) in [4.78, 5) is 9.12. The second-order valence-electron chi connectivity index (χ2n) is 9.20. The standard InChI is InChI=1S/C28H22N2O2/c1-28(2,3)23-13-19(12-17-6-4-5-7-20(17)23)26-21-14-25(32-24(21)8-10-30-26)22-16-29-15-18-9-11-31-27(18)22/h4-16H,1-3H3. The third-order valence-corrected chi connectivity index (χ3v) is 6.01. The van der Waals surface area contributed by atoms with E-state index in [1.165, 1.54) is 16.3 Å². The fourth-order valence-electron chi connectivity index (χ4n) is 4.46. The largest absolute Gasteiger partial charge is 0.463 e. The second kappa shape index (κ2) is 6.79. The number of furan rings is 2. The normalized spacial score (nSPS) is 12.2. The quantitative estimate of drug-likeness (QED) is 0.288. The van der Waals surface area contributed by atoms with E-state index in [1.807, 2.05) is 24.4 Å². The minimum atomic E-state index is 0.00562. The van der Waals surface area contributed by atoms with Crippen molar-refractivity contribution in [2.75, 3.05) is 0 Å². The van der Waals surface area contributed by atoms with Crippen molar-refractivity contribution in [1.29, 1.82) is 0 Å². The van der Waals surface area contributed by atoms with Crippen LogP contribution in [0.3, 0.4) is 0 Å². The van der Waals surface area contributed by atoms with Crippen LogP contribution >= 0.6 is 0 Å². The molecule has 6 rings (SSSR count). The van der Waals surface area contributed by atoms with Crippen LogP contribution in [-0.4, -0.2) is 9.97 Å². The monoisotopic (exact) mass is 418 g/mol. The second-order valence-corrected chi connectivity index (χ2v) is 9.20. The van der Waals surface area contributed by atoms with Crippen molar-refractivity contribution < 1.29 is 8.83 Å². The Kier molecular flexibility index (Phi) is 3.99.